The molecule has 1 aliphatic carbocycles. The molecule has 0 aromatic carbocycles. The fourth-order valence-electron chi connectivity index (χ4n) is 4.65. The average molecular weight is 488 g/mol. The van der Waals surface area contributed by atoms with Crippen LogP contribution in [0.2, 0.25) is 0 Å². The summed E-state index contributed by atoms with van der Waals surface area (Å²) in [5.41, 5.74) is -2.74. The molecule has 196 valence electrons. The number of ether oxygens (including phenoxy) is 1. The highest BCUT2D eigenvalue weighted by atomic mass is 16.5. The molecule has 0 bridgehead atoms. The minimum absolute atomic E-state index is 0.0879. The van der Waals surface area contributed by atoms with E-state index in [1.54, 1.807) is 0 Å². The SMILES string of the molecule is CCCC(C(=O)OCCCCN1CCCC1)C1CCCC1.O=C(O)CC(O)(CC(=O)O)C(=O)O. The Morgan fingerprint density at radius 2 is 1.50 bits per heavy atom. The second-order valence-electron chi connectivity index (χ2n) is 9.34. The van der Waals surface area contributed by atoms with Gasteiger partial charge in [-0.2, -0.15) is 0 Å². The fourth-order valence-corrected chi connectivity index (χ4v) is 4.65. The summed E-state index contributed by atoms with van der Waals surface area (Å²) < 4.78 is 5.58. The van der Waals surface area contributed by atoms with Crippen LogP contribution < -0.4 is 0 Å². The van der Waals surface area contributed by atoms with E-state index in [9.17, 15) is 19.2 Å². The first-order valence-corrected chi connectivity index (χ1v) is 12.4. The Labute approximate surface area is 201 Å². The molecule has 2 fully saturated rings. The zero-order valence-corrected chi connectivity index (χ0v) is 20.2. The number of carbonyl (C=O) groups is 4. The van der Waals surface area contributed by atoms with Gasteiger partial charge in [0.1, 0.15) is 0 Å². The van der Waals surface area contributed by atoms with Crippen molar-refractivity contribution in [3.63, 3.8) is 0 Å². The summed E-state index contributed by atoms with van der Waals surface area (Å²) >= 11 is 0. The Kier molecular flexibility index (Phi) is 13.7. The Hall–Kier alpha value is -2.20. The molecule has 0 spiro atoms. The van der Waals surface area contributed by atoms with Gasteiger partial charge in [-0.25, -0.2) is 4.79 Å². The molecule has 1 heterocycles. The maximum Gasteiger partial charge on any atom is 0.336 e. The molecule has 1 unspecified atom stereocenters. The molecule has 1 aliphatic heterocycles. The predicted molar refractivity (Wildman–Crippen MR) is 123 cm³/mol. The Balaban J connectivity index is 0.000000385. The zero-order valence-electron chi connectivity index (χ0n) is 20.2. The highest BCUT2D eigenvalue weighted by Gasteiger charge is 2.40. The van der Waals surface area contributed by atoms with Crippen molar-refractivity contribution in [2.24, 2.45) is 11.8 Å². The summed E-state index contributed by atoms with van der Waals surface area (Å²) in [5.74, 6) is -4.15. The molecule has 0 radical (unpaired) electrons. The first-order chi connectivity index (χ1) is 16.1. The first kappa shape index (κ1) is 29.8. The van der Waals surface area contributed by atoms with Gasteiger partial charge < -0.3 is 30.1 Å². The van der Waals surface area contributed by atoms with E-state index in [-0.39, 0.29) is 11.9 Å². The molecule has 10 heteroatoms. The summed E-state index contributed by atoms with van der Waals surface area (Å²) in [6.45, 7) is 6.50. The quantitative estimate of drug-likeness (QED) is 0.212. The van der Waals surface area contributed by atoms with Gasteiger partial charge in [0.05, 0.1) is 25.4 Å². The monoisotopic (exact) mass is 487 g/mol. The maximum atomic E-state index is 12.3. The van der Waals surface area contributed by atoms with Gasteiger partial charge in [-0.15, -0.1) is 0 Å². The zero-order chi connectivity index (χ0) is 25.6. The van der Waals surface area contributed by atoms with Crippen molar-refractivity contribution in [3.05, 3.63) is 0 Å². The van der Waals surface area contributed by atoms with Gasteiger partial charge in [0, 0.05) is 0 Å². The second-order valence-corrected chi connectivity index (χ2v) is 9.34. The third kappa shape index (κ3) is 11.3. The number of carboxylic acid groups (broad SMARTS) is 3. The smallest absolute Gasteiger partial charge is 0.336 e. The molecular formula is C24H41NO9. The van der Waals surface area contributed by atoms with Crippen LogP contribution in [0.3, 0.4) is 0 Å². The average Bonchev–Trinajstić information content (AvgIpc) is 3.45. The van der Waals surface area contributed by atoms with Crippen molar-refractivity contribution in [1.82, 2.24) is 4.90 Å². The van der Waals surface area contributed by atoms with Gasteiger partial charge in [-0.3, -0.25) is 14.4 Å². The standard InChI is InChI=1S/C18H33NO2.C6H8O7/c1-2-9-17(16-10-3-4-11-16)18(20)21-15-8-7-14-19-12-5-6-13-19;7-3(8)1-6(13,5(11)12)2-4(9)10/h16-17H,2-15H2,1H3;13H,1-2H2,(H,7,8)(H,9,10)(H,11,12). The number of hydrogen-bond donors (Lipinski definition) is 4. The van der Waals surface area contributed by atoms with Crippen molar-refractivity contribution in [2.75, 3.05) is 26.2 Å². The van der Waals surface area contributed by atoms with Crippen molar-refractivity contribution >= 4 is 23.9 Å². The molecule has 4 N–H and O–H groups in total. The van der Waals surface area contributed by atoms with Crippen LogP contribution in [-0.2, 0) is 23.9 Å². The predicted octanol–water partition coefficient (Wildman–Crippen LogP) is 2.76. The molecule has 10 nitrogen and oxygen atoms in total. The summed E-state index contributed by atoms with van der Waals surface area (Å²) in [6.07, 6.45) is 9.77. The van der Waals surface area contributed by atoms with Crippen molar-refractivity contribution in [3.8, 4) is 0 Å². The molecule has 1 saturated heterocycles. The van der Waals surface area contributed by atoms with Crippen LogP contribution in [0.1, 0.15) is 84.0 Å². The van der Waals surface area contributed by atoms with Gasteiger partial charge in [-0.1, -0.05) is 26.2 Å². The minimum Gasteiger partial charge on any atom is -0.481 e. The number of rotatable bonds is 14. The molecule has 0 aromatic heterocycles. The summed E-state index contributed by atoms with van der Waals surface area (Å²) in [4.78, 5) is 45.3. The number of unbranched alkanes of at least 4 members (excludes halogenated alkanes) is 1. The van der Waals surface area contributed by atoms with Crippen LogP contribution in [0.15, 0.2) is 0 Å². The lowest BCUT2D eigenvalue weighted by Gasteiger charge is -2.21. The van der Waals surface area contributed by atoms with Crippen LogP contribution in [0.4, 0.5) is 0 Å². The number of aliphatic carboxylic acids is 3. The van der Waals surface area contributed by atoms with Crippen molar-refractivity contribution < 1.29 is 44.3 Å². The van der Waals surface area contributed by atoms with E-state index in [0.717, 1.165) is 25.7 Å². The topological polar surface area (TPSA) is 162 Å². The van der Waals surface area contributed by atoms with Crippen LogP contribution in [-0.4, -0.2) is 81.0 Å². The number of carbonyl (C=O) groups excluding carboxylic acids is 1. The molecule has 34 heavy (non-hydrogen) atoms. The largest absolute Gasteiger partial charge is 0.481 e. The minimum atomic E-state index is -2.74. The first-order valence-electron chi connectivity index (χ1n) is 12.4. The normalized spacial score (nSPS) is 17.6. The van der Waals surface area contributed by atoms with Crippen LogP contribution in [0, 0.1) is 11.8 Å². The highest BCUT2D eigenvalue weighted by Crippen LogP contribution is 2.34. The van der Waals surface area contributed by atoms with Crippen molar-refractivity contribution in [1.29, 1.82) is 0 Å². The van der Waals surface area contributed by atoms with Gasteiger partial charge in [0.25, 0.3) is 0 Å². The summed E-state index contributed by atoms with van der Waals surface area (Å²) in [7, 11) is 0. The lowest BCUT2D eigenvalue weighted by atomic mass is 9.87. The number of carboxylic acids is 3. The Morgan fingerprint density at radius 3 is 1.97 bits per heavy atom. The number of likely N-dealkylation sites (tertiary alicyclic amines) is 1. The van der Waals surface area contributed by atoms with Crippen LogP contribution >= 0.6 is 0 Å². The van der Waals surface area contributed by atoms with E-state index < -0.39 is 36.4 Å². The highest BCUT2D eigenvalue weighted by molar-refractivity contribution is 5.88. The van der Waals surface area contributed by atoms with E-state index in [1.165, 1.54) is 58.2 Å². The number of esters is 1. The third-order valence-corrected chi connectivity index (χ3v) is 6.47. The Bertz CT molecular complexity index is 639. The van der Waals surface area contributed by atoms with Crippen LogP contribution in [0.25, 0.3) is 0 Å². The molecule has 0 amide bonds. The lowest BCUT2D eigenvalue weighted by molar-refractivity contribution is -0.170. The summed E-state index contributed by atoms with van der Waals surface area (Å²) in [5, 5.41) is 33.8. The Morgan fingerprint density at radius 1 is 0.941 bits per heavy atom. The molecule has 1 atom stereocenters. The van der Waals surface area contributed by atoms with E-state index >= 15 is 0 Å². The molecular weight excluding hydrogens is 446 g/mol. The van der Waals surface area contributed by atoms with Crippen LogP contribution in [0.5, 0.6) is 0 Å². The molecule has 2 rings (SSSR count). The second kappa shape index (κ2) is 15.7. The van der Waals surface area contributed by atoms with E-state index in [4.69, 9.17) is 25.2 Å². The van der Waals surface area contributed by atoms with Gasteiger partial charge in [-0.05, 0) is 70.5 Å². The number of hydrogen-bond acceptors (Lipinski definition) is 7. The van der Waals surface area contributed by atoms with E-state index in [2.05, 4.69) is 11.8 Å². The summed E-state index contributed by atoms with van der Waals surface area (Å²) in [6, 6.07) is 0. The van der Waals surface area contributed by atoms with E-state index in [0.29, 0.717) is 12.5 Å². The lowest BCUT2D eigenvalue weighted by Crippen LogP contribution is -2.42. The van der Waals surface area contributed by atoms with Gasteiger partial charge in [0.15, 0.2) is 5.60 Å². The van der Waals surface area contributed by atoms with Gasteiger partial charge in [0.2, 0.25) is 0 Å². The van der Waals surface area contributed by atoms with Gasteiger partial charge >= 0.3 is 23.9 Å². The number of aliphatic hydroxyl groups is 1. The molecule has 0 aromatic rings. The molecule has 1 saturated carbocycles. The number of nitrogens with zero attached hydrogens (tertiary/aromatic N) is 1. The maximum absolute atomic E-state index is 12.3. The fraction of sp³-hybridized carbons (Fsp3) is 0.833. The molecule has 2 aliphatic rings. The third-order valence-electron chi connectivity index (χ3n) is 6.47. The van der Waals surface area contributed by atoms with Crippen molar-refractivity contribution in [2.45, 2.75) is 89.6 Å². The van der Waals surface area contributed by atoms with E-state index in [1.807, 2.05) is 0 Å².